The summed E-state index contributed by atoms with van der Waals surface area (Å²) in [4.78, 5) is 12.9. The van der Waals surface area contributed by atoms with Gasteiger partial charge in [-0.3, -0.25) is 4.90 Å². The van der Waals surface area contributed by atoms with Crippen LogP contribution in [0.3, 0.4) is 0 Å². The fourth-order valence-corrected chi connectivity index (χ4v) is 5.74. The van der Waals surface area contributed by atoms with Crippen molar-refractivity contribution >= 4 is 26.4 Å². The molecule has 4 rings (SSSR count). The molecule has 0 atom stereocenters. The highest BCUT2D eigenvalue weighted by atomic mass is 32.2. The van der Waals surface area contributed by atoms with Gasteiger partial charge < -0.3 is 9.64 Å². The lowest BCUT2D eigenvalue weighted by Crippen LogP contribution is -2.48. The van der Waals surface area contributed by atoms with Crippen LogP contribution in [0.15, 0.2) is 24.5 Å². The smallest absolute Gasteiger partial charge is 0.272 e. The molecule has 0 spiro atoms. The van der Waals surface area contributed by atoms with E-state index in [-0.39, 0.29) is 5.88 Å². The molecule has 0 saturated carbocycles. The first kappa shape index (κ1) is 21.2. The molecule has 3 heterocycles. The first-order valence-corrected chi connectivity index (χ1v) is 12.1. The molecule has 2 aromatic rings. The summed E-state index contributed by atoms with van der Waals surface area (Å²) in [6, 6.07) is 5.74. The van der Waals surface area contributed by atoms with Gasteiger partial charge in [0.15, 0.2) is 6.61 Å². The van der Waals surface area contributed by atoms with Gasteiger partial charge in [-0.1, -0.05) is 0 Å². The average molecular weight is 441 g/mol. The maximum atomic E-state index is 12.5. The number of hydrogen-bond acceptors (Lipinski definition) is 7. The maximum absolute atomic E-state index is 12.5. The SMILES string of the molecule is O=S1(=O)CCC(CN2CCN(c3ccc4ncnc(OCC(F)F)c4c3)CC2)CC1. The van der Waals surface area contributed by atoms with Crippen molar-refractivity contribution in [3.8, 4) is 5.88 Å². The number of nitrogens with zero attached hydrogens (tertiary/aromatic N) is 4. The summed E-state index contributed by atoms with van der Waals surface area (Å²) < 4.78 is 53.4. The van der Waals surface area contributed by atoms with E-state index in [9.17, 15) is 17.2 Å². The van der Waals surface area contributed by atoms with E-state index in [2.05, 4.69) is 19.8 Å². The molecule has 0 radical (unpaired) electrons. The molecule has 1 aromatic heterocycles. The Kier molecular flexibility index (Phi) is 6.33. The van der Waals surface area contributed by atoms with Gasteiger partial charge in [0.2, 0.25) is 5.88 Å². The molecule has 2 aliphatic rings. The van der Waals surface area contributed by atoms with Crippen LogP contribution in [-0.4, -0.2) is 80.5 Å². The van der Waals surface area contributed by atoms with Gasteiger partial charge in [-0.25, -0.2) is 27.2 Å². The Hall–Kier alpha value is -2.07. The fraction of sp³-hybridized carbons (Fsp3) is 0.600. The normalized spacial score (nSPS) is 20.7. The number of hydrogen-bond donors (Lipinski definition) is 0. The molecule has 0 bridgehead atoms. The molecule has 2 aliphatic heterocycles. The summed E-state index contributed by atoms with van der Waals surface area (Å²) in [5.74, 6) is 1.25. The fourth-order valence-electron chi connectivity index (χ4n) is 4.15. The molecule has 2 saturated heterocycles. The van der Waals surface area contributed by atoms with Crippen molar-refractivity contribution in [3.63, 3.8) is 0 Å². The van der Waals surface area contributed by atoms with Gasteiger partial charge >= 0.3 is 0 Å². The summed E-state index contributed by atoms with van der Waals surface area (Å²) in [5.41, 5.74) is 1.64. The number of anilines is 1. The lowest BCUT2D eigenvalue weighted by atomic mass is 10.0. The van der Waals surface area contributed by atoms with Crippen molar-refractivity contribution < 1.29 is 21.9 Å². The van der Waals surface area contributed by atoms with Gasteiger partial charge in [0.1, 0.15) is 16.2 Å². The van der Waals surface area contributed by atoms with Crippen molar-refractivity contribution in [2.45, 2.75) is 19.3 Å². The van der Waals surface area contributed by atoms with Gasteiger partial charge in [0.25, 0.3) is 6.43 Å². The Bertz CT molecular complexity index is 967. The molecule has 1 aromatic carbocycles. The van der Waals surface area contributed by atoms with Crippen LogP contribution in [0, 0.1) is 5.92 Å². The zero-order valence-corrected chi connectivity index (χ0v) is 17.5. The number of alkyl halides is 2. The number of fused-ring (bicyclic) bond motifs is 1. The molecule has 0 N–H and O–H groups in total. The van der Waals surface area contributed by atoms with Crippen LogP contribution in [0.5, 0.6) is 5.88 Å². The van der Waals surface area contributed by atoms with Gasteiger partial charge in [-0.05, 0) is 37.0 Å². The molecule has 0 unspecified atom stereocenters. The van der Waals surface area contributed by atoms with Crippen LogP contribution in [-0.2, 0) is 9.84 Å². The highest BCUT2D eigenvalue weighted by Crippen LogP contribution is 2.28. The Morgan fingerprint density at radius 2 is 1.83 bits per heavy atom. The van der Waals surface area contributed by atoms with E-state index in [1.54, 1.807) is 0 Å². The second kappa shape index (κ2) is 8.97. The second-order valence-electron chi connectivity index (χ2n) is 7.97. The largest absolute Gasteiger partial charge is 0.471 e. The summed E-state index contributed by atoms with van der Waals surface area (Å²) in [6.45, 7) is 3.75. The number of benzene rings is 1. The van der Waals surface area contributed by atoms with Crippen LogP contribution in [0.4, 0.5) is 14.5 Å². The molecular weight excluding hydrogens is 414 g/mol. The van der Waals surface area contributed by atoms with E-state index in [4.69, 9.17) is 4.74 Å². The summed E-state index contributed by atoms with van der Waals surface area (Å²) in [5, 5.41) is 0.626. The third kappa shape index (κ3) is 5.15. The van der Waals surface area contributed by atoms with Gasteiger partial charge in [-0.15, -0.1) is 0 Å². The minimum atomic E-state index is -2.82. The van der Waals surface area contributed by atoms with E-state index in [1.165, 1.54) is 6.33 Å². The standard InChI is InChI=1S/C20H26F2N4O3S/c21-19(22)13-29-20-17-11-16(1-2-18(17)23-14-24-20)26-7-5-25(6-8-26)12-15-3-9-30(27,28)10-4-15/h1-2,11,14-15,19H,3-10,12-13H2. The molecule has 30 heavy (non-hydrogen) atoms. The van der Waals surface area contributed by atoms with Crippen LogP contribution in [0.25, 0.3) is 10.9 Å². The quantitative estimate of drug-likeness (QED) is 0.682. The van der Waals surface area contributed by atoms with E-state index < -0.39 is 22.9 Å². The van der Waals surface area contributed by atoms with Gasteiger partial charge in [0.05, 0.1) is 22.4 Å². The first-order chi connectivity index (χ1) is 14.4. The number of aromatic nitrogens is 2. The number of halogens is 2. The van der Waals surface area contributed by atoms with Crippen LogP contribution < -0.4 is 9.64 Å². The molecule has 0 amide bonds. The molecule has 10 heteroatoms. The Labute approximate surface area is 175 Å². The Balaban J connectivity index is 1.38. The number of sulfone groups is 1. The third-order valence-electron chi connectivity index (χ3n) is 5.86. The van der Waals surface area contributed by atoms with E-state index in [0.29, 0.717) is 28.3 Å². The van der Waals surface area contributed by atoms with Crippen molar-refractivity contribution in [3.05, 3.63) is 24.5 Å². The van der Waals surface area contributed by atoms with Crippen molar-refractivity contribution in [2.75, 3.05) is 55.7 Å². The highest BCUT2D eigenvalue weighted by Gasteiger charge is 2.26. The first-order valence-electron chi connectivity index (χ1n) is 10.2. The monoisotopic (exact) mass is 440 g/mol. The van der Waals surface area contributed by atoms with E-state index >= 15 is 0 Å². The van der Waals surface area contributed by atoms with Crippen molar-refractivity contribution in [1.29, 1.82) is 0 Å². The molecule has 0 aliphatic carbocycles. The topological polar surface area (TPSA) is 75.6 Å². The minimum Gasteiger partial charge on any atom is -0.471 e. The lowest BCUT2D eigenvalue weighted by molar-refractivity contribution is 0.0804. The zero-order valence-electron chi connectivity index (χ0n) is 16.7. The highest BCUT2D eigenvalue weighted by molar-refractivity contribution is 7.91. The summed E-state index contributed by atoms with van der Waals surface area (Å²) in [6.07, 6.45) is 0.275. The maximum Gasteiger partial charge on any atom is 0.272 e. The summed E-state index contributed by atoms with van der Waals surface area (Å²) >= 11 is 0. The molecule has 7 nitrogen and oxygen atoms in total. The number of ether oxygens (including phenoxy) is 1. The third-order valence-corrected chi connectivity index (χ3v) is 7.57. The minimum absolute atomic E-state index is 0.174. The van der Waals surface area contributed by atoms with E-state index in [1.807, 2.05) is 18.2 Å². The second-order valence-corrected chi connectivity index (χ2v) is 10.3. The summed E-state index contributed by atoms with van der Waals surface area (Å²) in [7, 11) is -2.82. The average Bonchev–Trinajstić information content (AvgIpc) is 2.74. The van der Waals surface area contributed by atoms with Crippen molar-refractivity contribution in [2.24, 2.45) is 5.92 Å². The van der Waals surface area contributed by atoms with Crippen molar-refractivity contribution in [1.82, 2.24) is 14.9 Å². The van der Waals surface area contributed by atoms with Crippen LogP contribution in [0.1, 0.15) is 12.8 Å². The molecule has 2 fully saturated rings. The molecule has 164 valence electrons. The Morgan fingerprint density at radius 1 is 1.10 bits per heavy atom. The number of rotatable bonds is 6. The predicted octanol–water partition coefficient (Wildman–Crippen LogP) is 2.22. The Morgan fingerprint density at radius 3 is 2.53 bits per heavy atom. The number of piperazine rings is 1. The van der Waals surface area contributed by atoms with Gasteiger partial charge in [0, 0.05) is 38.4 Å². The van der Waals surface area contributed by atoms with Gasteiger partial charge in [-0.2, -0.15) is 0 Å². The lowest BCUT2D eigenvalue weighted by Gasteiger charge is -2.38. The predicted molar refractivity (Wildman–Crippen MR) is 111 cm³/mol. The van der Waals surface area contributed by atoms with E-state index in [0.717, 1.165) is 51.3 Å². The van der Waals surface area contributed by atoms with Crippen LogP contribution in [0.2, 0.25) is 0 Å². The molecular formula is C20H26F2N4O3S. The zero-order chi connectivity index (χ0) is 21.1. The van der Waals surface area contributed by atoms with Crippen LogP contribution >= 0.6 is 0 Å².